The molecule has 0 N–H and O–H groups in total. The molecule has 4 bridgehead atoms. The van der Waals surface area contributed by atoms with Gasteiger partial charge < -0.3 is 8.98 Å². The molecule has 0 spiro atoms. The third kappa shape index (κ3) is 4.92. The van der Waals surface area contributed by atoms with Crippen LogP contribution in [-0.2, 0) is 5.41 Å². The third-order valence-electron chi connectivity index (χ3n) is 14.0. The lowest BCUT2D eigenvalue weighted by Crippen LogP contribution is -2.48. The van der Waals surface area contributed by atoms with Crippen molar-refractivity contribution < 1.29 is 4.42 Å². The number of benzene rings is 7. The van der Waals surface area contributed by atoms with E-state index in [9.17, 15) is 0 Å². The van der Waals surface area contributed by atoms with Crippen LogP contribution in [0.1, 0.15) is 44.1 Å². The highest BCUT2D eigenvalue weighted by Gasteiger charge is 2.51. The van der Waals surface area contributed by atoms with Gasteiger partial charge >= 0.3 is 0 Å². The van der Waals surface area contributed by atoms with Gasteiger partial charge in [0.15, 0.2) is 17.5 Å². The summed E-state index contributed by atoms with van der Waals surface area (Å²) in [5.74, 6) is 4.60. The third-order valence-corrected chi connectivity index (χ3v) is 14.0. The maximum atomic E-state index is 6.72. The second kappa shape index (κ2) is 12.2. The summed E-state index contributed by atoms with van der Waals surface area (Å²) in [5.41, 5.74) is 9.66. The Morgan fingerprint density at radius 2 is 1.10 bits per heavy atom. The quantitative estimate of drug-likeness (QED) is 0.176. The average molecular weight is 749 g/mol. The zero-order valence-electron chi connectivity index (χ0n) is 32.1. The van der Waals surface area contributed by atoms with Crippen LogP contribution < -0.4 is 0 Å². The monoisotopic (exact) mass is 748 g/mol. The summed E-state index contributed by atoms with van der Waals surface area (Å²) in [6.45, 7) is 0. The Kier molecular flexibility index (Phi) is 6.84. The molecule has 7 aromatic carbocycles. The molecule has 0 saturated heterocycles. The van der Waals surface area contributed by atoms with Crippen molar-refractivity contribution in [1.82, 2.24) is 19.5 Å². The van der Waals surface area contributed by atoms with Crippen LogP contribution in [0, 0.1) is 17.8 Å². The van der Waals surface area contributed by atoms with Crippen LogP contribution in [0.5, 0.6) is 0 Å². The number of hydrogen-bond donors (Lipinski definition) is 0. The molecule has 278 valence electrons. The summed E-state index contributed by atoms with van der Waals surface area (Å²) in [4.78, 5) is 15.8. The first-order valence-electron chi connectivity index (χ1n) is 20.9. The molecule has 4 fully saturated rings. The van der Waals surface area contributed by atoms with Gasteiger partial charge in [-0.1, -0.05) is 109 Å². The first-order chi connectivity index (χ1) is 28.6. The molecular weight excluding hydrogens is 709 g/mol. The summed E-state index contributed by atoms with van der Waals surface area (Å²) in [7, 11) is 0. The number of rotatable bonds is 5. The van der Waals surface area contributed by atoms with Crippen molar-refractivity contribution in [1.29, 1.82) is 0 Å². The van der Waals surface area contributed by atoms with Crippen molar-refractivity contribution in [3.05, 3.63) is 157 Å². The van der Waals surface area contributed by atoms with Crippen LogP contribution in [-0.4, -0.2) is 19.5 Å². The number of para-hydroxylation sites is 3. The van der Waals surface area contributed by atoms with Crippen LogP contribution in [0.15, 0.2) is 156 Å². The largest absolute Gasteiger partial charge is 0.455 e. The standard InChI is InChI=1S/C53H40N4O/c1-2-11-40(12-3-1)57-46-16-7-6-13-41(46)42-22-19-38(27-47(42)57)51-54-50(35-17-20-39(21-18-35)53-29-32-23-33(30-53)25-34(24-32)31-53)55-52(56-51)44-15-8-14-43-45-26-36-9-4-5-10-37(36)28-48(45)58-49(43)44/h1-22,26-28,32-34H,23-25,29-31H2. The van der Waals surface area contributed by atoms with E-state index in [1.807, 2.05) is 0 Å². The van der Waals surface area contributed by atoms with Gasteiger partial charge in [0, 0.05) is 38.4 Å². The second-order valence-electron chi connectivity index (χ2n) is 17.5. The van der Waals surface area contributed by atoms with Crippen molar-refractivity contribution in [2.75, 3.05) is 0 Å². The van der Waals surface area contributed by atoms with E-state index < -0.39 is 0 Å². The van der Waals surface area contributed by atoms with Gasteiger partial charge in [-0.05, 0) is 120 Å². The highest BCUT2D eigenvalue weighted by Crippen LogP contribution is 2.60. The van der Waals surface area contributed by atoms with Crippen LogP contribution in [0.2, 0.25) is 0 Å². The molecule has 3 aromatic heterocycles. The maximum absolute atomic E-state index is 6.72. The zero-order valence-corrected chi connectivity index (χ0v) is 32.1. The second-order valence-corrected chi connectivity index (χ2v) is 17.5. The molecule has 58 heavy (non-hydrogen) atoms. The van der Waals surface area contributed by atoms with Crippen molar-refractivity contribution >= 4 is 54.5 Å². The lowest BCUT2D eigenvalue weighted by molar-refractivity contribution is -0.00518. The Morgan fingerprint density at radius 1 is 0.483 bits per heavy atom. The molecule has 0 radical (unpaired) electrons. The first kappa shape index (κ1) is 32.5. The summed E-state index contributed by atoms with van der Waals surface area (Å²) < 4.78 is 9.07. The Hall–Kier alpha value is -6.59. The minimum absolute atomic E-state index is 0.330. The van der Waals surface area contributed by atoms with Crippen LogP contribution >= 0.6 is 0 Å². The predicted molar refractivity (Wildman–Crippen MR) is 235 cm³/mol. The molecule has 10 aromatic rings. The van der Waals surface area contributed by atoms with Gasteiger partial charge in [0.1, 0.15) is 11.2 Å². The smallest absolute Gasteiger partial charge is 0.167 e. The van der Waals surface area contributed by atoms with E-state index in [2.05, 4.69) is 156 Å². The molecule has 4 saturated carbocycles. The molecule has 5 nitrogen and oxygen atoms in total. The molecule has 5 heteroatoms. The van der Waals surface area contributed by atoms with E-state index in [0.717, 1.165) is 73.0 Å². The van der Waals surface area contributed by atoms with Crippen molar-refractivity contribution in [3.63, 3.8) is 0 Å². The van der Waals surface area contributed by atoms with Crippen molar-refractivity contribution in [3.8, 4) is 39.9 Å². The minimum Gasteiger partial charge on any atom is -0.455 e. The van der Waals surface area contributed by atoms with Crippen LogP contribution in [0.4, 0.5) is 0 Å². The Balaban J connectivity index is 1.00. The molecule has 0 aliphatic heterocycles. The Morgan fingerprint density at radius 3 is 1.88 bits per heavy atom. The molecule has 4 aliphatic carbocycles. The fraction of sp³-hybridized carbons (Fsp3) is 0.189. The molecule has 3 heterocycles. The number of nitrogens with zero attached hydrogens (tertiary/aromatic N) is 4. The molecule has 0 unspecified atom stereocenters. The number of fused-ring (bicyclic) bond motifs is 7. The van der Waals surface area contributed by atoms with E-state index >= 15 is 0 Å². The lowest BCUT2D eigenvalue weighted by atomic mass is 9.48. The Bertz CT molecular complexity index is 3230. The zero-order chi connectivity index (χ0) is 38.0. The summed E-state index contributed by atoms with van der Waals surface area (Å²) in [6, 6.07) is 54.3. The summed E-state index contributed by atoms with van der Waals surface area (Å²) in [5, 5.41) is 6.89. The van der Waals surface area contributed by atoms with Crippen LogP contribution in [0.25, 0.3) is 94.4 Å². The fourth-order valence-corrected chi connectivity index (χ4v) is 11.8. The highest BCUT2D eigenvalue weighted by atomic mass is 16.3. The molecule has 0 atom stereocenters. The molecule has 14 rings (SSSR count). The molecule has 4 aliphatic rings. The Labute approximate surface area is 336 Å². The van der Waals surface area contributed by atoms with E-state index in [0.29, 0.717) is 22.9 Å². The van der Waals surface area contributed by atoms with Gasteiger partial charge in [-0.2, -0.15) is 0 Å². The topological polar surface area (TPSA) is 56.7 Å². The normalized spacial score (nSPS) is 21.3. The van der Waals surface area contributed by atoms with Gasteiger partial charge in [0.05, 0.1) is 16.6 Å². The van der Waals surface area contributed by atoms with E-state index in [1.54, 1.807) is 0 Å². The van der Waals surface area contributed by atoms with Gasteiger partial charge in [-0.15, -0.1) is 0 Å². The minimum atomic E-state index is 0.330. The predicted octanol–water partition coefficient (Wildman–Crippen LogP) is 13.5. The summed E-state index contributed by atoms with van der Waals surface area (Å²) >= 11 is 0. The van der Waals surface area contributed by atoms with Gasteiger partial charge in [0.25, 0.3) is 0 Å². The summed E-state index contributed by atoms with van der Waals surface area (Å²) in [6.07, 6.45) is 8.37. The van der Waals surface area contributed by atoms with Crippen LogP contribution in [0.3, 0.4) is 0 Å². The highest BCUT2D eigenvalue weighted by molar-refractivity contribution is 6.13. The molecular formula is C53H40N4O. The number of hydrogen-bond acceptors (Lipinski definition) is 4. The first-order valence-corrected chi connectivity index (χ1v) is 20.9. The van der Waals surface area contributed by atoms with Crippen molar-refractivity contribution in [2.45, 2.75) is 43.9 Å². The van der Waals surface area contributed by atoms with Gasteiger partial charge in [0.2, 0.25) is 0 Å². The van der Waals surface area contributed by atoms with Gasteiger partial charge in [-0.3, -0.25) is 0 Å². The number of aromatic nitrogens is 4. The molecule has 0 amide bonds. The van der Waals surface area contributed by atoms with E-state index in [1.165, 1.54) is 65.8 Å². The lowest BCUT2D eigenvalue weighted by Gasteiger charge is -2.57. The number of furan rings is 1. The van der Waals surface area contributed by atoms with Crippen molar-refractivity contribution in [2.24, 2.45) is 17.8 Å². The SMILES string of the molecule is c1ccc(-n2c3ccccc3c3ccc(-c4nc(-c5ccc(C67CC8CC(CC(C8)C6)C7)cc5)nc(-c5cccc6c5oc5cc7ccccc7cc56)n4)cc32)cc1. The van der Waals surface area contributed by atoms with E-state index in [4.69, 9.17) is 19.4 Å². The van der Waals surface area contributed by atoms with E-state index in [-0.39, 0.29) is 0 Å². The average Bonchev–Trinajstić information content (AvgIpc) is 3.80. The maximum Gasteiger partial charge on any atom is 0.167 e. The fourth-order valence-electron chi connectivity index (χ4n) is 11.8. The van der Waals surface area contributed by atoms with Gasteiger partial charge in [-0.25, -0.2) is 15.0 Å².